The molecule has 0 saturated heterocycles. The molecule has 0 atom stereocenters. The number of nitro groups is 1. The minimum absolute atomic E-state index is 0.0132. The molecule has 1 aromatic heterocycles. The number of nitrogens with zero attached hydrogens (tertiary/aromatic N) is 3. The molecule has 3 aromatic carbocycles. The summed E-state index contributed by atoms with van der Waals surface area (Å²) in [6, 6.07) is 7.67. The van der Waals surface area contributed by atoms with Gasteiger partial charge in [0.2, 0.25) is 0 Å². The van der Waals surface area contributed by atoms with Crippen molar-refractivity contribution < 1.29 is 37.1 Å². The molecule has 0 saturated carbocycles. The number of nitrogens with one attached hydrogen (secondary N) is 1. The first-order valence-corrected chi connectivity index (χ1v) is 11.4. The molecule has 0 fully saturated rings. The molecule has 14 heteroatoms. The van der Waals surface area contributed by atoms with Crippen LogP contribution in [0.15, 0.2) is 48.8 Å². The summed E-state index contributed by atoms with van der Waals surface area (Å²) in [5.74, 6) is -2.48. The summed E-state index contributed by atoms with van der Waals surface area (Å²) in [6.45, 7) is 2.84. The Hall–Kier alpha value is -4.23. The van der Waals surface area contributed by atoms with Crippen molar-refractivity contribution >= 4 is 39.7 Å². The zero-order valence-corrected chi connectivity index (χ0v) is 21.2. The third kappa shape index (κ3) is 5.64. The Bertz CT molecular complexity index is 1590. The molecule has 39 heavy (non-hydrogen) atoms. The van der Waals surface area contributed by atoms with Gasteiger partial charge in [-0.25, -0.2) is 14.4 Å². The van der Waals surface area contributed by atoms with Crippen LogP contribution in [0, 0.1) is 15.9 Å². The quantitative estimate of drug-likeness (QED) is 0.138. The van der Waals surface area contributed by atoms with Crippen LogP contribution in [0.5, 0.6) is 17.2 Å². The van der Waals surface area contributed by atoms with E-state index in [0.29, 0.717) is 11.6 Å². The summed E-state index contributed by atoms with van der Waals surface area (Å²) < 4.78 is 64.4. The molecule has 0 spiro atoms. The average molecular weight is 567 g/mol. The first-order valence-electron chi connectivity index (χ1n) is 11.0. The van der Waals surface area contributed by atoms with Crippen LogP contribution in [0.25, 0.3) is 10.9 Å². The fraction of sp³-hybridized carbons (Fsp3) is 0.200. The smallest absolute Gasteiger partial charge is 0.419 e. The van der Waals surface area contributed by atoms with E-state index in [1.807, 2.05) is 0 Å². The Labute approximate surface area is 223 Å². The van der Waals surface area contributed by atoms with Crippen LogP contribution in [0.1, 0.15) is 25.0 Å². The normalized spacial score (nSPS) is 11.9. The number of ether oxygens (including phenoxy) is 2. The van der Waals surface area contributed by atoms with Crippen LogP contribution >= 0.6 is 11.6 Å². The van der Waals surface area contributed by atoms with Gasteiger partial charge < -0.3 is 19.9 Å². The van der Waals surface area contributed by atoms with Crippen LogP contribution < -0.4 is 14.8 Å². The maximum absolute atomic E-state index is 14.6. The highest BCUT2D eigenvalue weighted by atomic mass is 35.5. The van der Waals surface area contributed by atoms with Crippen molar-refractivity contribution in [2.24, 2.45) is 0 Å². The van der Waals surface area contributed by atoms with Gasteiger partial charge in [-0.05, 0) is 38.1 Å². The predicted octanol–water partition coefficient (Wildman–Crippen LogP) is 7.12. The number of methoxy groups -OCH3 is 1. The number of benzene rings is 3. The second-order valence-corrected chi connectivity index (χ2v) is 9.16. The van der Waals surface area contributed by atoms with E-state index in [1.54, 1.807) is 0 Å². The minimum Gasteiger partial charge on any atom is -0.490 e. The molecule has 4 rings (SSSR count). The third-order valence-corrected chi connectivity index (χ3v) is 5.90. The summed E-state index contributed by atoms with van der Waals surface area (Å²) in [7, 11) is 1.28. The number of aliphatic hydroxyl groups is 1. The molecule has 0 unspecified atom stereocenters. The molecule has 1 heterocycles. The highest BCUT2D eigenvalue weighted by Crippen LogP contribution is 2.42. The van der Waals surface area contributed by atoms with Gasteiger partial charge >= 0.3 is 11.9 Å². The Morgan fingerprint density at radius 2 is 1.77 bits per heavy atom. The maximum Gasteiger partial charge on any atom is 0.419 e. The number of anilines is 2. The van der Waals surface area contributed by atoms with Gasteiger partial charge in [0.05, 0.1) is 39.1 Å². The summed E-state index contributed by atoms with van der Waals surface area (Å²) in [5.41, 5.74) is -2.79. The Kier molecular flexibility index (Phi) is 7.23. The minimum atomic E-state index is -4.95. The summed E-state index contributed by atoms with van der Waals surface area (Å²) in [5, 5.41) is 25.4. The molecule has 0 bridgehead atoms. The fourth-order valence-electron chi connectivity index (χ4n) is 3.77. The molecule has 2 N–H and O–H groups in total. The van der Waals surface area contributed by atoms with Crippen LogP contribution in [-0.2, 0) is 11.8 Å². The molecule has 0 aliphatic heterocycles. The number of aromatic nitrogens is 2. The molecule has 0 radical (unpaired) electrons. The third-order valence-electron chi connectivity index (χ3n) is 5.61. The second kappa shape index (κ2) is 10.2. The largest absolute Gasteiger partial charge is 0.490 e. The van der Waals surface area contributed by atoms with E-state index >= 15 is 0 Å². The molecule has 0 aliphatic carbocycles. The lowest BCUT2D eigenvalue weighted by Crippen LogP contribution is -2.18. The van der Waals surface area contributed by atoms with Crippen molar-refractivity contribution in [3.05, 3.63) is 80.9 Å². The Morgan fingerprint density at radius 3 is 2.38 bits per heavy atom. The lowest BCUT2D eigenvalue weighted by Gasteiger charge is -2.24. The van der Waals surface area contributed by atoms with Gasteiger partial charge in [0.25, 0.3) is 0 Å². The van der Waals surface area contributed by atoms with Crippen molar-refractivity contribution in [2.45, 2.75) is 25.6 Å². The summed E-state index contributed by atoms with van der Waals surface area (Å²) in [6.07, 6.45) is -3.74. The highest BCUT2D eigenvalue weighted by Gasteiger charge is 2.35. The molecule has 0 aliphatic rings. The standard InChI is InChI=1S/C25H19ClF4N4O5/c1-24(2,35)14-8-20(39-19-6-4-5-13(22(19)27)25(28,29)30)15(26)9-17(14)33-23-12-7-18(34(36)37)21(38-3)10-16(12)31-11-32-23/h4-11,35H,1-3H3,(H,31,32,33). The van der Waals surface area contributed by atoms with E-state index in [2.05, 4.69) is 15.3 Å². The first kappa shape index (κ1) is 27.8. The average Bonchev–Trinajstić information content (AvgIpc) is 2.84. The van der Waals surface area contributed by atoms with Crippen molar-refractivity contribution in [3.63, 3.8) is 0 Å². The maximum atomic E-state index is 14.6. The number of fused-ring (bicyclic) bond motifs is 1. The van der Waals surface area contributed by atoms with Crippen molar-refractivity contribution in [2.75, 3.05) is 12.4 Å². The number of hydrogen-bond donors (Lipinski definition) is 2. The summed E-state index contributed by atoms with van der Waals surface area (Å²) in [4.78, 5) is 19.1. The van der Waals surface area contributed by atoms with Crippen LogP contribution in [0.2, 0.25) is 5.02 Å². The number of halogens is 5. The summed E-state index contributed by atoms with van der Waals surface area (Å²) >= 11 is 6.34. The van der Waals surface area contributed by atoms with E-state index in [-0.39, 0.29) is 44.7 Å². The first-order chi connectivity index (χ1) is 18.2. The van der Waals surface area contributed by atoms with Crippen LogP contribution in [-0.4, -0.2) is 27.1 Å². The van der Waals surface area contributed by atoms with E-state index < -0.39 is 33.8 Å². The van der Waals surface area contributed by atoms with E-state index in [4.69, 9.17) is 21.1 Å². The zero-order valence-electron chi connectivity index (χ0n) is 20.4. The molecule has 0 amide bonds. The Balaban J connectivity index is 1.80. The predicted molar refractivity (Wildman–Crippen MR) is 134 cm³/mol. The molecular formula is C25H19ClF4N4O5. The van der Waals surface area contributed by atoms with Crippen LogP contribution in [0.3, 0.4) is 0 Å². The zero-order chi connectivity index (χ0) is 28.7. The van der Waals surface area contributed by atoms with Crippen molar-refractivity contribution in [1.82, 2.24) is 9.97 Å². The van der Waals surface area contributed by atoms with Gasteiger partial charge in [0, 0.05) is 23.4 Å². The van der Waals surface area contributed by atoms with E-state index in [9.17, 15) is 32.8 Å². The van der Waals surface area contributed by atoms with Crippen LogP contribution in [0.4, 0.5) is 34.8 Å². The van der Waals surface area contributed by atoms with Crippen molar-refractivity contribution in [3.8, 4) is 17.2 Å². The van der Waals surface area contributed by atoms with E-state index in [1.165, 1.54) is 51.6 Å². The number of hydrogen-bond acceptors (Lipinski definition) is 8. The van der Waals surface area contributed by atoms with Crippen molar-refractivity contribution in [1.29, 1.82) is 0 Å². The molecule has 204 valence electrons. The number of rotatable bonds is 7. The molecule has 4 aromatic rings. The van der Waals surface area contributed by atoms with Gasteiger partial charge in [-0.3, -0.25) is 10.1 Å². The van der Waals surface area contributed by atoms with Gasteiger partial charge in [0.1, 0.15) is 17.9 Å². The molecular weight excluding hydrogens is 548 g/mol. The number of alkyl halides is 3. The van der Waals surface area contributed by atoms with E-state index in [0.717, 1.165) is 12.1 Å². The number of nitro benzene ring substituents is 1. The Morgan fingerprint density at radius 1 is 1.05 bits per heavy atom. The fourth-order valence-corrected chi connectivity index (χ4v) is 3.98. The monoisotopic (exact) mass is 566 g/mol. The molecule has 9 nitrogen and oxygen atoms in total. The van der Waals surface area contributed by atoms with Gasteiger partial charge in [-0.15, -0.1) is 0 Å². The van der Waals surface area contributed by atoms with Gasteiger partial charge in [-0.2, -0.15) is 13.2 Å². The SMILES string of the molecule is COc1cc2ncnc(Nc3cc(Cl)c(Oc4cccc(C(F)(F)F)c4F)cc3C(C)(C)O)c2cc1[N+](=O)[O-]. The lowest BCUT2D eigenvalue weighted by atomic mass is 9.96. The highest BCUT2D eigenvalue weighted by molar-refractivity contribution is 6.32. The van der Waals surface area contributed by atoms with Gasteiger partial charge in [0.15, 0.2) is 17.3 Å². The topological polar surface area (TPSA) is 120 Å². The van der Waals surface area contributed by atoms with Gasteiger partial charge in [-0.1, -0.05) is 17.7 Å². The second-order valence-electron chi connectivity index (χ2n) is 8.75. The lowest BCUT2D eigenvalue weighted by molar-refractivity contribution is -0.385.